The standard InChI is InChI=1S/C25H47N5O7S/c1-13(2)22(34)17(29-25(37)19(12-20(32)33)28-15(5)6)8-10-38-11-9-18(27-14(3)4)24(36)30-21(16(7)31)23(26)35/h13-19,21,27-28,31H,8-12H2,1-7H3,(H2,26,35)(H,29,37)(H,30,36)(H,32,33)/t16-,17+,18+,19+,21+/m1/s1. The van der Waals surface area contributed by atoms with E-state index in [0.717, 1.165) is 0 Å². The predicted octanol–water partition coefficient (Wildman–Crippen LogP) is -0.231. The van der Waals surface area contributed by atoms with E-state index in [1.165, 1.54) is 18.7 Å². The van der Waals surface area contributed by atoms with Gasteiger partial charge in [0.05, 0.1) is 30.7 Å². The number of rotatable bonds is 20. The van der Waals surface area contributed by atoms with Crippen molar-refractivity contribution in [1.82, 2.24) is 21.3 Å². The van der Waals surface area contributed by atoms with E-state index in [-0.39, 0.29) is 23.8 Å². The minimum absolute atomic E-state index is 0.0178. The SMILES string of the molecule is CC(C)N[C@@H](CC(=O)O)C(=O)N[C@@H](CCSCC[C@H](NC(C)C)C(=O)N[C@H](C(N)=O)[C@@H](C)O)C(=O)C(C)C. The van der Waals surface area contributed by atoms with E-state index in [1.807, 2.05) is 13.8 Å². The smallest absolute Gasteiger partial charge is 0.305 e. The Balaban J connectivity index is 5.13. The number of carbonyl (C=O) groups excluding carboxylic acids is 4. The van der Waals surface area contributed by atoms with Gasteiger partial charge in [0.15, 0.2) is 5.78 Å². The molecule has 38 heavy (non-hydrogen) atoms. The molecule has 3 amide bonds. The first kappa shape index (κ1) is 35.8. The number of amides is 3. The number of carboxylic acid groups (broad SMARTS) is 1. The van der Waals surface area contributed by atoms with E-state index < -0.39 is 60.4 Å². The van der Waals surface area contributed by atoms with Gasteiger partial charge in [0.1, 0.15) is 6.04 Å². The number of aliphatic hydroxyl groups excluding tert-OH is 1. The molecule has 5 atom stereocenters. The summed E-state index contributed by atoms with van der Waals surface area (Å²) in [6, 6.07) is -3.70. The van der Waals surface area contributed by atoms with Gasteiger partial charge in [-0.2, -0.15) is 11.8 Å². The molecule has 0 heterocycles. The number of ketones is 1. The number of hydrogen-bond acceptors (Lipinski definition) is 9. The van der Waals surface area contributed by atoms with Crippen LogP contribution in [-0.2, 0) is 24.0 Å². The molecule has 0 aliphatic rings. The van der Waals surface area contributed by atoms with Gasteiger partial charge in [0.25, 0.3) is 0 Å². The highest BCUT2D eigenvalue weighted by molar-refractivity contribution is 7.99. The number of carbonyl (C=O) groups is 5. The maximum absolute atomic E-state index is 12.8. The van der Waals surface area contributed by atoms with Crippen molar-refractivity contribution in [3.8, 4) is 0 Å². The highest BCUT2D eigenvalue weighted by Gasteiger charge is 2.29. The van der Waals surface area contributed by atoms with Crippen molar-refractivity contribution < 1.29 is 34.2 Å². The lowest BCUT2D eigenvalue weighted by atomic mass is 9.99. The molecule has 0 aromatic carbocycles. The highest BCUT2D eigenvalue weighted by Crippen LogP contribution is 2.13. The van der Waals surface area contributed by atoms with Gasteiger partial charge < -0.3 is 37.2 Å². The second-order valence-corrected chi connectivity index (χ2v) is 11.5. The molecule has 0 aliphatic heterocycles. The van der Waals surface area contributed by atoms with Crippen LogP contribution in [-0.4, -0.2) is 93.5 Å². The third-order valence-corrected chi connectivity index (χ3v) is 6.55. The molecule has 0 unspecified atom stereocenters. The Hall–Kier alpha value is -2.22. The fourth-order valence-corrected chi connectivity index (χ4v) is 4.65. The summed E-state index contributed by atoms with van der Waals surface area (Å²) in [6.45, 7) is 12.2. The molecule has 0 saturated carbocycles. The zero-order chi connectivity index (χ0) is 29.6. The van der Waals surface area contributed by atoms with Gasteiger partial charge in [-0.05, 0) is 31.3 Å². The van der Waals surface area contributed by atoms with Crippen LogP contribution in [0.4, 0.5) is 0 Å². The monoisotopic (exact) mass is 561 g/mol. The lowest BCUT2D eigenvalue weighted by molar-refractivity contribution is -0.140. The van der Waals surface area contributed by atoms with E-state index in [2.05, 4.69) is 21.3 Å². The molecule has 0 spiro atoms. The molecule has 220 valence electrons. The topological polar surface area (TPSA) is 200 Å². The summed E-state index contributed by atoms with van der Waals surface area (Å²) >= 11 is 1.50. The third kappa shape index (κ3) is 14.6. The number of nitrogens with two attached hydrogens (primary N) is 1. The van der Waals surface area contributed by atoms with E-state index in [1.54, 1.807) is 27.7 Å². The van der Waals surface area contributed by atoms with Crippen molar-refractivity contribution in [2.75, 3.05) is 11.5 Å². The lowest BCUT2D eigenvalue weighted by Crippen LogP contribution is -2.56. The zero-order valence-corrected chi connectivity index (χ0v) is 24.4. The first-order valence-corrected chi connectivity index (χ1v) is 14.2. The number of hydrogen-bond donors (Lipinski definition) is 7. The van der Waals surface area contributed by atoms with Crippen LogP contribution in [0.25, 0.3) is 0 Å². The molecule has 0 aromatic rings. The number of Topliss-reactive ketones (excluding diaryl/α,β-unsaturated/α-hetero) is 1. The summed E-state index contributed by atoms with van der Waals surface area (Å²) in [5, 5.41) is 30.2. The Labute approximate surface area is 230 Å². The summed E-state index contributed by atoms with van der Waals surface area (Å²) in [4.78, 5) is 61.0. The second kappa shape index (κ2) is 18.1. The minimum atomic E-state index is -1.20. The minimum Gasteiger partial charge on any atom is -0.481 e. The van der Waals surface area contributed by atoms with E-state index in [4.69, 9.17) is 10.8 Å². The van der Waals surface area contributed by atoms with E-state index >= 15 is 0 Å². The van der Waals surface area contributed by atoms with Gasteiger partial charge in [0.2, 0.25) is 17.7 Å². The molecule has 13 heteroatoms. The van der Waals surface area contributed by atoms with Gasteiger partial charge in [-0.3, -0.25) is 24.0 Å². The Kier molecular flexibility index (Phi) is 17.1. The zero-order valence-electron chi connectivity index (χ0n) is 23.6. The number of nitrogens with one attached hydrogen (secondary N) is 4. The second-order valence-electron chi connectivity index (χ2n) is 10.3. The van der Waals surface area contributed by atoms with Crippen LogP contribution in [0.3, 0.4) is 0 Å². The molecule has 0 aliphatic carbocycles. The molecule has 8 N–H and O–H groups in total. The molecular weight excluding hydrogens is 514 g/mol. The van der Waals surface area contributed by atoms with Crippen LogP contribution in [0.15, 0.2) is 0 Å². The Morgan fingerprint density at radius 3 is 1.66 bits per heavy atom. The lowest BCUT2D eigenvalue weighted by Gasteiger charge is -2.25. The summed E-state index contributed by atoms with van der Waals surface area (Å²) in [5.41, 5.74) is 5.27. The molecule has 0 rings (SSSR count). The predicted molar refractivity (Wildman–Crippen MR) is 148 cm³/mol. The van der Waals surface area contributed by atoms with Crippen LogP contribution >= 0.6 is 11.8 Å². The Morgan fingerprint density at radius 1 is 0.763 bits per heavy atom. The highest BCUT2D eigenvalue weighted by atomic mass is 32.2. The summed E-state index contributed by atoms with van der Waals surface area (Å²) in [7, 11) is 0. The van der Waals surface area contributed by atoms with Crippen LogP contribution < -0.4 is 27.0 Å². The number of thioether (sulfide) groups is 1. The molecule has 12 nitrogen and oxygen atoms in total. The number of aliphatic hydroxyl groups is 1. The van der Waals surface area contributed by atoms with Gasteiger partial charge in [0, 0.05) is 18.0 Å². The van der Waals surface area contributed by atoms with Crippen LogP contribution in [0.2, 0.25) is 0 Å². The number of aliphatic carboxylic acids is 1. The molecule has 0 fully saturated rings. The quantitative estimate of drug-likeness (QED) is 0.0974. The van der Waals surface area contributed by atoms with Crippen molar-refractivity contribution in [1.29, 1.82) is 0 Å². The molecular formula is C25H47N5O7S. The van der Waals surface area contributed by atoms with Crippen molar-refractivity contribution in [3.63, 3.8) is 0 Å². The van der Waals surface area contributed by atoms with Gasteiger partial charge >= 0.3 is 5.97 Å². The largest absolute Gasteiger partial charge is 0.481 e. The van der Waals surface area contributed by atoms with Gasteiger partial charge in [-0.15, -0.1) is 0 Å². The maximum Gasteiger partial charge on any atom is 0.305 e. The molecule has 0 saturated heterocycles. The average Bonchev–Trinajstić information content (AvgIpc) is 2.78. The van der Waals surface area contributed by atoms with E-state index in [9.17, 15) is 29.1 Å². The normalized spacial score (nSPS) is 15.6. The van der Waals surface area contributed by atoms with Crippen molar-refractivity contribution in [2.24, 2.45) is 11.7 Å². The fraction of sp³-hybridized carbons (Fsp3) is 0.800. The third-order valence-electron chi connectivity index (χ3n) is 5.50. The summed E-state index contributed by atoms with van der Waals surface area (Å²) < 4.78 is 0. The first-order valence-electron chi connectivity index (χ1n) is 13.0. The van der Waals surface area contributed by atoms with Gasteiger partial charge in [-0.1, -0.05) is 41.5 Å². The van der Waals surface area contributed by atoms with Gasteiger partial charge in [-0.25, -0.2) is 0 Å². The number of carboxylic acids is 1. The molecule has 0 aromatic heterocycles. The average molecular weight is 562 g/mol. The van der Waals surface area contributed by atoms with Crippen molar-refractivity contribution >= 4 is 41.2 Å². The van der Waals surface area contributed by atoms with Crippen molar-refractivity contribution in [3.05, 3.63) is 0 Å². The molecule has 0 bridgehead atoms. The van der Waals surface area contributed by atoms with Crippen LogP contribution in [0, 0.1) is 5.92 Å². The van der Waals surface area contributed by atoms with Crippen LogP contribution in [0.1, 0.15) is 67.7 Å². The summed E-state index contributed by atoms with van der Waals surface area (Å²) in [6.07, 6.45) is -0.787. The van der Waals surface area contributed by atoms with Crippen molar-refractivity contribution in [2.45, 2.75) is 110 Å². The van der Waals surface area contributed by atoms with Crippen LogP contribution in [0.5, 0.6) is 0 Å². The van der Waals surface area contributed by atoms with E-state index in [0.29, 0.717) is 24.3 Å². The maximum atomic E-state index is 12.8. The molecule has 0 radical (unpaired) electrons. The fourth-order valence-electron chi connectivity index (χ4n) is 3.64. The first-order chi connectivity index (χ1) is 17.6. The Bertz CT molecular complexity index is 792. The Morgan fingerprint density at radius 2 is 1.24 bits per heavy atom. The number of primary amides is 1. The summed E-state index contributed by atoms with van der Waals surface area (Å²) in [5.74, 6) is -2.35.